The quantitative estimate of drug-likeness (QED) is 0.567. The summed E-state index contributed by atoms with van der Waals surface area (Å²) in [5.41, 5.74) is 2.53. The number of hydrogen-bond donors (Lipinski definition) is 2. The number of carboxylic acids is 2. The first-order chi connectivity index (χ1) is 16.8. The van der Waals surface area contributed by atoms with Gasteiger partial charge in [-0.1, -0.05) is 12.1 Å². The number of hydrogen-bond acceptors (Lipinski definition) is 7. The number of fused-ring (bicyclic) bond motifs is 1. The van der Waals surface area contributed by atoms with Crippen LogP contribution in [0.25, 0.3) is 0 Å². The lowest BCUT2D eigenvalue weighted by Crippen LogP contribution is -2.33. The molecular weight excluding hydrogens is 502 g/mol. The average Bonchev–Trinajstić information content (AvgIpc) is 2.97. The van der Waals surface area contributed by atoms with Crippen LogP contribution in [0.4, 0.5) is 32.2 Å². The topological polar surface area (TPSA) is 116 Å². The van der Waals surface area contributed by atoms with Gasteiger partial charge in [0.1, 0.15) is 5.82 Å². The summed E-state index contributed by atoms with van der Waals surface area (Å²) >= 11 is 0. The molecule has 0 atom stereocenters. The Morgan fingerprint density at radius 1 is 1.00 bits per heavy atom. The SMILES string of the molecule is COCCN1CCN(Cc2cccnc2)Cc2cccnc21.O=C(O)C(F)(F)F.O=C(O)C(F)(F)F. The third kappa shape index (κ3) is 11.3. The molecule has 1 aliphatic rings. The number of carbonyl (C=O) groups is 2. The average molecular weight is 526 g/mol. The molecule has 9 nitrogen and oxygen atoms in total. The lowest BCUT2D eigenvalue weighted by molar-refractivity contribution is -0.193. The Balaban J connectivity index is 0.000000383. The molecule has 3 heterocycles. The van der Waals surface area contributed by atoms with Crippen LogP contribution in [0.5, 0.6) is 0 Å². The van der Waals surface area contributed by atoms with Gasteiger partial charge < -0.3 is 19.8 Å². The van der Waals surface area contributed by atoms with E-state index in [0.29, 0.717) is 0 Å². The largest absolute Gasteiger partial charge is 0.490 e. The van der Waals surface area contributed by atoms with Crippen molar-refractivity contribution in [2.75, 3.05) is 38.3 Å². The van der Waals surface area contributed by atoms with Crippen molar-refractivity contribution in [3.8, 4) is 0 Å². The van der Waals surface area contributed by atoms with Crippen LogP contribution in [0.2, 0.25) is 0 Å². The number of carboxylic acid groups (broad SMARTS) is 2. The van der Waals surface area contributed by atoms with Crippen LogP contribution < -0.4 is 4.90 Å². The highest BCUT2D eigenvalue weighted by atomic mass is 19.4. The normalized spacial score (nSPS) is 13.8. The van der Waals surface area contributed by atoms with Crippen LogP contribution in [-0.4, -0.2) is 82.7 Å². The zero-order valence-corrected chi connectivity index (χ0v) is 19.0. The highest BCUT2D eigenvalue weighted by Gasteiger charge is 2.38. The fraction of sp³-hybridized carbons (Fsp3) is 0.429. The standard InChI is InChI=1S/C17H22N4O.2C2HF3O2/c1-22-11-10-21-9-8-20(13-15-4-2-6-18-12-15)14-16-5-3-7-19-17(16)21;2*3-2(4,5)1(6)7/h2-7,12H,8-11,13-14H2,1H3;2*(H,6,7). The molecule has 200 valence electrons. The number of anilines is 1. The molecule has 1 aliphatic heterocycles. The molecule has 0 saturated heterocycles. The summed E-state index contributed by atoms with van der Waals surface area (Å²) in [5.74, 6) is -4.42. The minimum absolute atomic E-state index is 0.721. The van der Waals surface area contributed by atoms with Gasteiger partial charge in [0, 0.05) is 64.0 Å². The second-order valence-electron chi connectivity index (χ2n) is 7.14. The van der Waals surface area contributed by atoms with E-state index in [1.807, 2.05) is 30.7 Å². The van der Waals surface area contributed by atoms with Gasteiger partial charge in [-0.05, 0) is 17.7 Å². The lowest BCUT2D eigenvalue weighted by Gasteiger charge is -2.23. The van der Waals surface area contributed by atoms with Crippen molar-refractivity contribution in [1.29, 1.82) is 0 Å². The first kappa shape index (κ1) is 30.6. The molecule has 0 saturated carbocycles. The Hall–Kier alpha value is -3.46. The Kier molecular flexibility index (Phi) is 12.0. The van der Waals surface area contributed by atoms with E-state index in [1.165, 1.54) is 11.1 Å². The molecule has 2 aromatic rings. The van der Waals surface area contributed by atoms with Gasteiger partial charge in [-0.3, -0.25) is 9.88 Å². The van der Waals surface area contributed by atoms with Crippen LogP contribution in [0, 0.1) is 0 Å². The Labute approximate surface area is 201 Å². The van der Waals surface area contributed by atoms with Gasteiger partial charge >= 0.3 is 24.3 Å². The molecule has 3 rings (SSSR count). The van der Waals surface area contributed by atoms with Gasteiger partial charge in [-0.15, -0.1) is 0 Å². The van der Waals surface area contributed by atoms with Gasteiger partial charge in [0.05, 0.1) is 6.61 Å². The van der Waals surface area contributed by atoms with Crippen molar-refractivity contribution in [3.63, 3.8) is 0 Å². The Morgan fingerprint density at radius 3 is 2.08 bits per heavy atom. The van der Waals surface area contributed by atoms with Crippen molar-refractivity contribution in [2.45, 2.75) is 25.4 Å². The summed E-state index contributed by atoms with van der Waals surface area (Å²) in [6, 6.07) is 8.31. The van der Waals surface area contributed by atoms with E-state index in [9.17, 15) is 26.3 Å². The molecule has 0 spiro atoms. The van der Waals surface area contributed by atoms with E-state index in [4.69, 9.17) is 24.5 Å². The van der Waals surface area contributed by atoms with Crippen LogP contribution in [0.15, 0.2) is 42.9 Å². The second-order valence-corrected chi connectivity index (χ2v) is 7.14. The fourth-order valence-corrected chi connectivity index (χ4v) is 2.83. The summed E-state index contributed by atoms with van der Waals surface area (Å²) < 4.78 is 68.7. The lowest BCUT2D eigenvalue weighted by atomic mass is 10.2. The van der Waals surface area contributed by atoms with Crippen molar-refractivity contribution < 1.29 is 50.9 Å². The number of pyridine rings is 2. The zero-order chi connectivity index (χ0) is 27.4. The number of methoxy groups -OCH3 is 1. The van der Waals surface area contributed by atoms with Crippen LogP contribution in [0.3, 0.4) is 0 Å². The van der Waals surface area contributed by atoms with Crippen LogP contribution >= 0.6 is 0 Å². The van der Waals surface area contributed by atoms with Gasteiger partial charge in [0.15, 0.2) is 0 Å². The van der Waals surface area contributed by atoms with Crippen molar-refractivity contribution >= 4 is 17.8 Å². The molecule has 15 heteroatoms. The molecule has 2 N–H and O–H groups in total. The second kappa shape index (κ2) is 14.2. The highest BCUT2D eigenvalue weighted by Crippen LogP contribution is 2.23. The third-order valence-electron chi connectivity index (χ3n) is 4.43. The molecule has 0 amide bonds. The highest BCUT2D eigenvalue weighted by molar-refractivity contribution is 5.73. The molecule has 0 aromatic carbocycles. The monoisotopic (exact) mass is 526 g/mol. The summed E-state index contributed by atoms with van der Waals surface area (Å²) in [5, 5.41) is 14.2. The van der Waals surface area contributed by atoms with E-state index in [0.717, 1.165) is 45.1 Å². The summed E-state index contributed by atoms with van der Waals surface area (Å²) in [7, 11) is 1.74. The summed E-state index contributed by atoms with van der Waals surface area (Å²) in [6.45, 7) is 5.41. The maximum atomic E-state index is 10.6. The van der Waals surface area contributed by atoms with E-state index in [2.05, 4.69) is 31.9 Å². The zero-order valence-electron chi connectivity index (χ0n) is 19.0. The van der Waals surface area contributed by atoms with Crippen LogP contribution in [-0.2, 0) is 27.4 Å². The van der Waals surface area contributed by atoms with E-state index < -0.39 is 24.3 Å². The number of ether oxygens (including phenoxy) is 1. The molecule has 0 fully saturated rings. The maximum absolute atomic E-state index is 10.6. The molecule has 2 aromatic heterocycles. The van der Waals surface area contributed by atoms with Crippen molar-refractivity contribution in [2.24, 2.45) is 0 Å². The van der Waals surface area contributed by atoms with Gasteiger partial charge in [-0.2, -0.15) is 26.3 Å². The van der Waals surface area contributed by atoms with Gasteiger partial charge in [0.25, 0.3) is 0 Å². The number of nitrogens with zero attached hydrogens (tertiary/aromatic N) is 4. The molecule has 0 bridgehead atoms. The van der Waals surface area contributed by atoms with Crippen molar-refractivity contribution in [3.05, 3.63) is 54.0 Å². The molecular formula is C21H24F6N4O5. The molecule has 0 radical (unpaired) electrons. The van der Waals surface area contributed by atoms with Gasteiger partial charge in [0.2, 0.25) is 0 Å². The smallest absolute Gasteiger partial charge is 0.475 e. The minimum atomic E-state index is -5.08. The third-order valence-corrected chi connectivity index (χ3v) is 4.43. The number of rotatable bonds is 5. The summed E-state index contributed by atoms with van der Waals surface area (Å²) in [6.07, 6.45) is -4.54. The number of aromatic nitrogens is 2. The van der Waals surface area contributed by atoms with E-state index >= 15 is 0 Å². The summed E-state index contributed by atoms with van der Waals surface area (Å²) in [4.78, 5) is 31.4. The van der Waals surface area contributed by atoms with E-state index in [-0.39, 0.29) is 0 Å². The van der Waals surface area contributed by atoms with Crippen LogP contribution in [0.1, 0.15) is 11.1 Å². The van der Waals surface area contributed by atoms with E-state index in [1.54, 1.807) is 7.11 Å². The Bertz CT molecular complexity index is 936. The number of alkyl halides is 6. The number of halogens is 6. The first-order valence-corrected chi connectivity index (χ1v) is 10.1. The maximum Gasteiger partial charge on any atom is 0.490 e. The predicted octanol–water partition coefficient (Wildman–Crippen LogP) is 3.21. The van der Waals surface area contributed by atoms with Crippen molar-refractivity contribution in [1.82, 2.24) is 14.9 Å². The fourth-order valence-electron chi connectivity index (χ4n) is 2.83. The first-order valence-electron chi connectivity index (χ1n) is 10.1. The number of aliphatic carboxylic acids is 2. The minimum Gasteiger partial charge on any atom is -0.475 e. The van der Waals surface area contributed by atoms with Gasteiger partial charge in [-0.25, -0.2) is 14.6 Å². The Morgan fingerprint density at radius 2 is 1.58 bits per heavy atom. The molecule has 36 heavy (non-hydrogen) atoms. The predicted molar refractivity (Wildman–Crippen MR) is 114 cm³/mol. The molecule has 0 unspecified atom stereocenters. The molecule has 0 aliphatic carbocycles.